The van der Waals surface area contributed by atoms with Gasteiger partial charge in [0.2, 0.25) is 0 Å². The van der Waals surface area contributed by atoms with E-state index < -0.39 is 0 Å². The molecule has 2 aliphatic rings. The maximum atomic E-state index is 13.7. The Hall–Kier alpha value is -2.57. The van der Waals surface area contributed by atoms with Crippen molar-refractivity contribution in [3.8, 4) is 0 Å². The molecule has 1 aliphatic heterocycles. The third-order valence-corrected chi connectivity index (χ3v) is 8.10. The molecule has 38 heavy (non-hydrogen) atoms. The van der Waals surface area contributed by atoms with Crippen LogP contribution in [0.4, 0.5) is 5.69 Å². The van der Waals surface area contributed by atoms with Gasteiger partial charge in [0, 0.05) is 16.0 Å². The number of halogens is 3. The van der Waals surface area contributed by atoms with E-state index in [0.29, 0.717) is 33.1 Å². The predicted octanol–water partition coefficient (Wildman–Crippen LogP) is 7.84. The first-order chi connectivity index (χ1) is 18.4. The first-order valence-corrected chi connectivity index (χ1v) is 14.1. The van der Waals surface area contributed by atoms with Crippen molar-refractivity contribution in [2.24, 2.45) is 11.0 Å². The zero-order valence-corrected chi connectivity index (χ0v) is 23.4. The van der Waals surface area contributed by atoms with Gasteiger partial charge in [-0.15, -0.1) is 0 Å². The first-order valence-electron chi connectivity index (χ1n) is 13.0. The van der Waals surface area contributed by atoms with Gasteiger partial charge in [-0.2, -0.15) is 5.10 Å². The fraction of sp³-hybridized carbons (Fsp3) is 0.333. The molecule has 198 valence electrons. The zero-order chi connectivity index (χ0) is 26.6. The Bertz CT molecular complexity index is 1300. The van der Waals surface area contributed by atoms with Crippen LogP contribution in [0.3, 0.4) is 0 Å². The Balaban J connectivity index is 1.38. The summed E-state index contributed by atoms with van der Waals surface area (Å²) in [5, 5.41) is 11.6. The highest BCUT2D eigenvalue weighted by Crippen LogP contribution is 2.42. The molecule has 5 rings (SSSR count). The molecule has 4 atom stereocenters. The van der Waals surface area contributed by atoms with E-state index >= 15 is 0 Å². The summed E-state index contributed by atoms with van der Waals surface area (Å²) >= 11 is 18.9. The largest absolute Gasteiger partial charge is 0.371 e. The minimum Gasteiger partial charge on any atom is -0.371 e. The van der Waals surface area contributed by atoms with Gasteiger partial charge in [0.15, 0.2) is 0 Å². The number of ether oxygens (including phenoxy) is 1. The van der Waals surface area contributed by atoms with Crippen LogP contribution in [0.5, 0.6) is 0 Å². The van der Waals surface area contributed by atoms with E-state index in [1.165, 1.54) is 0 Å². The Kier molecular flexibility index (Phi) is 8.59. The van der Waals surface area contributed by atoms with E-state index in [1.54, 1.807) is 12.1 Å². The van der Waals surface area contributed by atoms with Gasteiger partial charge in [-0.05, 0) is 54.3 Å². The molecular weight excluding hydrogens is 541 g/mol. The van der Waals surface area contributed by atoms with Gasteiger partial charge in [0.05, 0.1) is 35.5 Å². The number of hydrogen-bond donors (Lipinski definition) is 1. The van der Waals surface area contributed by atoms with Gasteiger partial charge < -0.3 is 10.1 Å². The number of hydrogen-bond acceptors (Lipinski definition) is 4. The summed E-state index contributed by atoms with van der Waals surface area (Å²) in [6.45, 7) is 2.54. The van der Waals surface area contributed by atoms with Gasteiger partial charge in [0.1, 0.15) is 5.71 Å². The number of nitrogens with one attached hydrogen (secondary N) is 1. The van der Waals surface area contributed by atoms with Crippen molar-refractivity contribution in [3.05, 3.63) is 99.0 Å². The number of carbonyl (C=O) groups is 1. The quantitative estimate of drug-likeness (QED) is 0.315. The molecule has 1 amide bonds. The molecule has 0 unspecified atom stereocenters. The molecule has 0 aromatic heterocycles. The van der Waals surface area contributed by atoms with Gasteiger partial charge >= 0.3 is 0 Å². The van der Waals surface area contributed by atoms with E-state index in [1.807, 2.05) is 60.5 Å². The molecule has 1 heterocycles. The molecule has 1 fully saturated rings. The summed E-state index contributed by atoms with van der Waals surface area (Å²) < 4.78 is 6.28. The molecule has 3 aromatic carbocycles. The third-order valence-electron chi connectivity index (χ3n) is 7.31. The van der Waals surface area contributed by atoms with Crippen LogP contribution in [0.25, 0.3) is 0 Å². The second kappa shape index (κ2) is 12.1. The summed E-state index contributed by atoms with van der Waals surface area (Å²) in [6.07, 6.45) is 3.89. The van der Waals surface area contributed by atoms with Gasteiger partial charge in [-0.3, -0.25) is 9.80 Å². The number of amides is 1. The van der Waals surface area contributed by atoms with Crippen LogP contribution in [0.2, 0.25) is 15.1 Å². The molecule has 0 saturated heterocycles. The van der Waals surface area contributed by atoms with Crippen molar-refractivity contribution in [2.75, 3.05) is 5.01 Å². The minimum atomic E-state index is -0.233. The van der Waals surface area contributed by atoms with Crippen molar-refractivity contribution in [1.29, 1.82) is 0 Å². The normalized spacial score (nSPS) is 23.3. The predicted molar refractivity (Wildman–Crippen MR) is 155 cm³/mol. The monoisotopic (exact) mass is 569 g/mol. The topological polar surface area (TPSA) is 53.9 Å². The SMILES string of the molecule is C[C@@H]1C(C(=O)N[C@H]2CCCC[C@@H]2OCc2ccccc2)=NN(c2ccc(Cl)cc2Cl)[C@@H]1c1ccc(Cl)cc1. The Labute approximate surface area is 238 Å². The lowest BCUT2D eigenvalue weighted by atomic mass is 9.89. The maximum absolute atomic E-state index is 13.7. The van der Waals surface area contributed by atoms with Crippen LogP contribution in [-0.2, 0) is 16.1 Å². The summed E-state index contributed by atoms with van der Waals surface area (Å²) in [6, 6.07) is 22.7. The van der Waals surface area contributed by atoms with Gasteiger partial charge in [-0.1, -0.05) is 97.0 Å². The molecule has 0 spiro atoms. The lowest BCUT2D eigenvalue weighted by Gasteiger charge is -2.32. The van der Waals surface area contributed by atoms with Crippen LogP contribution in [0.15, 0.2) is 77.9 Å². The number of hydrazone groups is 1. The zero-order valence-electron chi connectivity index (χ0n) is 21.1. The van der Waals surface area contributed by atoms with Crippen LogP contribution in [0, 0.1) is 5.92 Å². The lowest BCUT2D eigenvalue weighted by molar-refractivity contribution is -0.117. The highest BCUT2D eigenvalue weighted by Gasteiger charge is 2.41. The number of carbonyl (C=O) groups excluding carboxylic acids is 1. The Morgan fingerprint density at radius 3 is 2.42 bits per heavy atom. The molecule has 5 nitrogen and oxygen atoms in total. The highest BCUT2D eigenvalue weighted by atomic mass is 35.5. The second-order valence-electron chi connectivity index (χ2n) is 9.91. The van der Waals surface area contributed by atoms with Crippen molar-refractivity contribution in [3.63, 3.8) is 0 Å². The number of benzene rings is 3. The first kappa shape index (κ1) is 27.0. The fourth-order valence-corrected chi connectivity index (χ4v) is 5.95. The average molecular weight is 571 g/mol. The molecule has 1 aliphatic carbocycles. The van der Waals surface area contributed by atoms with Crippen LogP contribution in [0.1, 0.15) is 49.8 Å². The number of nitrogens with zero attached hydrogens (tertiary/aromatic N) is 2. The van der Waals surface area contributed by atoms with Crippen LogP contribution >= 0.6 is 34.8 Å². The molecule has 1 N–H and O–H groups in total. The highest BCUT2D eigenvalue weighted by molar-refractivity contribution is 6.41. The average Bonchev–Trinajstić information content (AvgIpc) is 3.26. The maximum Gasteiger partial charge on any atom is 0.268 e. The third kappa shape index (κ3) is 6.02. The number of rotatable bonds is 7. The van der Waals surface area contributed by atoms with Crippen molar-refractivity contribution >= 4 is 52.1 Å². The summed E-state index contributed by atoms with van der Waals surface area (Å²) in [7, 11) is 0. The van der Waals surface area contributed by atoms with Crippen LogP contribution in [-0.4, -0.2) is 23.8 Å². The van der Waals surface area contributed by atoms with Gasteiger partial charge in [0.25, 0.3) is 5.91 Å². The van der Waals surface area contributed by atoms with E-state index in [4.69, 9.17) is 44.6 Å². The van der Waals surface area contributed by atoms with Crippen molar-refractivity contribution in [2.45, 2.75) is 57.4 Å². The van der Waals surface area contributed by atoms with Gasteiger partial charge in [-0.25, -0.2) is 0 Å². The molecule has 3 aromatic rings. The van der Waals surface area contributed by atoms with E-state index in [0.717, 1.165) is 36.8 Å². The number of anilines is 1. The second-order valence-corrected chi connectivity index (χ2v) is 11.2. The lowest BCUT2D eigenvalue weighted by Crippen LogP contribution is -2.49. The smallest absolute Gasteiger partial charge is 0.268 e. The molecule has 8 heteroatoms. The standard InChI is InChI=1S/C30H30Cl3N3O2/c1-19-28(30(37)34-25-9-5-6-10-27(25)38-18-20-7-3-2-4-8-20)35-36(26-16-15-23(32)17-24(26)33)29(19)21-11-13-22(31)14-12-21/h2-4,7-8,11-17,19,25,27,29H,5-6,9-10,18H2,1H3,(H,34,37)/t19-,25+,27+,29+/m1/s1. The fourth-order valence-electron chi connectivity index (χ4n) is 5.32. The van der Waals surface area contributed by atoms with E-state index in [9.17, 15) is 4.79 Å². The van der Waals surface area contributed by atoms with E-state index in [-0.39, 0.29) is 30.0 Å². The van der Waals surface area contributed by atoms with Crippen molar-refractivity contribution in [1.82, 2.24) is 5.32 Å². The van der Waals surface area contributed by atoms with E-state index in [2.05, 4.69) is 17.4 Å². The molecule has 1 saturated carbocycles. The molecular formula is C30H30Cl3N3O2. The summed E-state index contributed by atoms with van der Waals surface area (Å²) in [4.78, 5) is 13.7. The Morgan fingerprint density at radius 2 is 1.68 bits per heavy atom. The summed E-state index contributed by atoms with van der Waals surface area (Å²) in [5.74, 6) is -0.376. The summed E-state index contributed by atoms with van der Waals surface area (Å²) in [5.41, 5.74) is 3.26. The minimum absolute atomic E-state index is 0.0425. The Morgan fingerprint density at radius 1 is 0.974 bits per heavy atom. The molecule has 0 bridgehead atoms. The van der Waals surface area contributed by atoms with Crippen LogP contribution < -0.4 is 10.3 Å². The van der Waals surface area contributed by atoms with Crippen molar-refractivity contribution < 1.29 is 9.53 Å². The molecule has 0 radical (unpaired) electrons.